The summed E-state index contributed by atoms with van der Waals surface area (Å²) in [6.07, 6.45) is 0. The lowest BCUT2D eigenvalue weighted by atomic mass is 10.2. The van der Waals surface area contributed by atoms with Gasteiger partial charge in [-0.05, 0) is 24.6 Å². The molecule has 18 heavy (non-hydrogen) atoms. The third-order valence-electron chi connectivity index (χ3n) is 2.53. The van der Waals surface area contributed by atoms with Crippen molar-refractivity contribution in [2.75, 3.05) is 0 Å². The van der Waals surface area contributed by atoms with Crippen molar-refractivity contribution in [3.05, 3.63) is 50.9 Å². The number of thiol groups is 1. The molecule has 0 saturated carbocycles. The highest BCUT2D eigenvalue weighted by Crippen LogP contribution is 2.19. The molecule has 94 valence electrons. The average molecular weight is 283 g/mol. The van der Waals surface area contributed by atoms with E-state index in [2.05, 4.69) is 17.7 Å². The number of benzene rings is 1. The highest BCUT2D eigenvalue weighted by atomic mass is 35.5. The van der Waals surface area contributed by atoms with Gasteiger partial charge in [-0.1, -0.05) is 17.7 Å². The van der Waals surface area contributed by atoms with E-state index in [1.807, 2.05) is 6.92 Å². The number of nitrogens with zero attached hydrogens (tertiary/aromatic N) is 2. The number of aryl methyl sites for hydroxylation is 1. The highest BCUT2D eigenvalue weighted by molar-refractivity contribution is 7.79. The van der Waals surface area contributed by atoms with Gasteiger partial charge >= 0.3 is 0 Å². The van der Waals surface area contributed by atoms with Crippen molar-refractivity contribution in [1.82, 2.24) is 9.78 Å². The van der Waals surface area contributed by atoms with Crippen LogP contribution in [0.1, 0.15) is 11.3 Å². The first-order chi connectivity index (χ1) is 8.52. The normalized spacial score (nSPS) is 10.6. The van der Waals surface area contributed by atoms with Gasteiger partial charge in [-0.15, -0.1) is 0 Å². The molecule has 0 unspecified atom stereocenters. The lowest BCUT2D eigenvalue weighted by molar-refractivity contribution is 0.460. The van der Waals surface area contributed by atoms with Gasteiger partial charge in [-0.3, -0.25) is 4.79 Å². The third-order valence-corrected chi connectivity index (χ3v) is 3.07. The minimum atomic E-state index is -0.414. The molecule has 6 heteroatoms. The minimum absolute atomic E-state index is 0.147. The zero-order valence-corrected chi connectivity index (χ0v) is 11.2. The molecule has 2 rings (SSSR count). The summed E-state index contributed by atoms with van der Waals surface area (Å²) in [6, 6.07) is 6.33. The van der Waals surface area contributed by atoms with Gasteiger partial charge in [0.25, 0.3) is 5.56 Å². The SMILES string of the molecule is Cc1ccc(Cl)cc1-n1nc(CS)c(O)cc1=O. The number of aromatic hydroxyl groups is 1. The van der Waals surface area contributed by atoms with E-state index >= 15 is 0 Å². The van der Waals surface area contributed by atoms with E-state index < -0.39 is 5.56 Å². The Labute approximate surface area is 114 Å². The Bertz CT molecular complexity index is 655. The van der Waals surface area contributed by atoms with Crippen molar-refractivity contribution < 1.29 is 5.11 Å². The molecule has 0 aliphatic heterocycles. The monoisotopic (exact) mass is 282 g/mol. The van der Waals surface area contributed by atoms with Crippen molar-refractivity contribution in [3.8, 4) is 11.4 Å². The van der Waals surface area contributed by atoms with Gasteiger partial charge in [0.2, 0.25) is 0 Å². The fourth-order valence-electron chi connectivity index (χ4n) is 1.58. The van der Waals surface area contributed by atoms with E-state index in [0.717, 1.165) is 11.6 Å². The van der Waals surface area contributed by atoms with Crippen molar-refractivity contribution in [1.29, 1.82) is 0 Å². The maximum atomic E-state index is 11.8. The molecular weight excluding hydrogens is 272 g/mol. The molecule has 1 aromatic heterocycles. The van der Waals surface area contributed by atoms with Crippen LogP contribution in [-0.2, 0) is 5.75 Å². The molecule has 1 N–H and O–H groups in total. The predicted molar refractivity (Wildman–Crippen MR) is 73.9 cm³/mol. The Morgan fingerprint density at radius 2 is 2.17 bits per heavy atom. The first-order valence-electron chi connectivity index (χ1n) is 5.22. The van der Waals surface area contributed by atoms with Crippen LogP contribution in [0.4, 0.5) is 0 Å². The number of hydrogen-bond acceptors (Lipinski definition) is 4. The fourth-order valence-corrected chi connectivity index (χ4v) is 1.97. The van der Waals surface area contributed by atoms with Crippen LogP contribution < -0.4 is 5.56 Å². The fraction of sp³-hybridized carbons (Fsp3) is 0.167. The summed E-state index contributed by atoms with van der Waals surface area (Å²) in [5, 5.41) is 14.1. The smallest absolute Gasteiger partial charge is 0.275 e. The van der Waals surface area contributed by atoms with Gasteiger partial charge in [0.1, 0.15) is 11.4 Å². The number of halogens is 1. The maximum Gasteiger partial charge on any atom is 0.275 e. The van der Waals surface area contributed by atoms with Crippen LogP contribution in [0.3, 0.4) is 0 Å². The number of aromatic nitrogens is 2. The largest absolute Gasteiger partial charge is 0.506 e. The summed E-state index contributed by atoms with van der Waals surface area (Å²) >= 11 is 9.97. The molecule has 1 heterocycles. The van der Waals surface area contributed by atoms with Crippen molar-refractivity contribution in [2.24, 2.45) is 0 Å². The standard InChI is InChI=1S/C12H11ClN2O2S/c1-7-2-3-8(13)4-10(7)15-12(17)5-11(16)9(6-18)14-15/h2-5,16,18H,6H2,1H3. The van der Waals surface area contributed by atoms with E-state index in [-0.39, 0.29) is 11.5 Å². The highest BCUT2D eigenvalue weighted by Gasteiger charge is 2.10. The van der Waals surface area contributed by atoms with Crippen LogP contribution >= 0.6 is 24.2 Å². The van der Waals surface area contributed by atoms with Crippen LogP contribution in [0.5, 0.6) is 5.75 Å². The molecule has 0 bridgehead atoms. The zero-order chi connectivity index (χ0) is 13.3. The topological polar surface area (TPSA) is 55.1 Å². The molecule has 0 fully saturated rings. The van der Waals surface area contributed by atoms with E-state index in [1.54, 1.807) is 18.2 Å². The maximum absolute atomic E-state index is 11.8. The van der Waals surface area contributed by atoms with Crippen molar-refractivity contribution in [2.45, 2.75) is 12.7 Å². The molecule has 2 aromatic rings. The molecule has 0 amide bonds. The Morgan fingerprint density at radius 3 is 2.83 bits per heavy atom. The first-order valence-corrected chi connectivity index (χ1v) is 6.23. The summed E-state index contributed by atoms with van der Waals surface area (Å²) in [6.45, 7) is 1.85. The molecule has 1 aromatic carbocycles. The van der Waals surface area contributed by atoms with Gasteiger partial charge in [0.05, 0.1) is 5.69 Å². The molecular formula is C12H11ClN2O2S. The van der Waals surface area contributed by atoms with Gasteiger partial charge in [-0.25, -0.2) is 0 Å². The van der Waals surface area contributed by atoms with Crippen LogP contribution in [-0.4, -0.2) is 14.9 Å². The second-order valence-corrected chi connectivity index (χ2v) is 4.57. The van der Waals surface area contributed by atoms with Gasteiger partial charge in [0.15, 0.2) is 0 Å². The number of rotatable bonds is 2. The van der Waals surface area contributed by atoms with E-state index in [1.165, 1.54) is 4.68 Å². The summed E-state index contributed by atoms with van der Waals surface area (Å²) in [4.78, 5) is 11.8. The van der Waals surface area contributed by atoms with Crippen LogP contribution in [0, 0.1) is 6.92 Å². The van der Waals surface area contributed by atoms with Crippen molar-refractivity contribution in [3.63, 3.8) is 0 Å². The molecule has 0 saturated heterocycles. The van der Waals surface area contributed by atoms with Gasteiger partial charge in [-0.2, -0.15) is 22.4 Å². The molecule has 4 nitrogen and oxygen atoms in total. The molecule has 0 radical (unpaired) electrons. The molecule has 0 aliphatic carbocycles. The Morgan fingerprint density at radius 1 is 1.44 bits per heavy atom. The summed E-state index contributed by atoms with van der Waals surface area (Å²) in [7, 11) is 0. The first kappa shape index (κ1) is 13.0. The van der Waals surface area contributed by atoms with E-state index in [4.69, 9.17) is 11.6 Å². The minimum Gasteiger partial charge on any atom is -0.506 e. The number of hydrogen-bond donors (Lipinski definition) is 2. The Balaban J connectivity index is 2.71. The Kier molecular flexibility index (Phi) is 3.63. The summed E-state index contributed by atoms with van der Waals surface area (Å²) in [5.41, 5.74) is 1.39. The third kappa shape index (κ3) is 2.37. The molecule has 0 aliphatic rings. The van der Waals surface area contributed by atoms with Crippen LogP contribution in [0.25, 0.3) is 5.69 Å². The molecule has 0 atom stereocenters. The summed E-state index contributed by atoms with van der Waals surface area (Å²) < 4.78 is 1.21. The second kappa shape index (κ2) is 5.04. The van der Waals surface area contributed by atoms with Crippen LogP contribution in [0.15, 0.2) is 29.1 Å². The lowest BCUT2D eigenvalue weighted by Crippen LogP contribution is -2.22. The van der Waals surface area contributed by atoms with Crippen molar-refractivity contribution >= 4 is 24.2 Å². The lowest BCUT2D eigenvalue weighted by Gasteiger charge is -2.10. The second-order valence-electron chi connectivity index (χ2n) is 3.82. The summed E-state index contributed by atoms with van der Waals surface area (Å²) in [5.74, 6) is 0.0945. The molecule has 0 spiro atoms. The Hall–Kier alpha value is -1.46. The quantitative estimate of drug-likeness (QED) is 0.831. The van der Waals surface area contributed by atoms with Crippen LogP contribution in [0.2, 0.25) is 5.02 Å². The van der Waals surface area contributed by atoms with E-state index in [9.17, 15) is 9.90 Å². The van der Waals surface area contributed by atoms with E-state index in [0.29, 0.717) is 16.4 Å². The predicted octanol–water partition coefficient (Wildman–Crippen LogP) is 2.33. The average Bonchev–Trinajstić information content (AvgIpc) is 2.33. The van der Waals surface area contributed by atoms with Gasteiger partial charge < -0.3 is 5.11 Å². The zero-order valence-electron chi connectivity index (χ0n) is 9.59. The van der Waals surface area contributed by atoms with Gasteiger partial charge in [0, 0.05) is 16.8 Å².